The average molecular weight is 440 g/mol. The molecule has 0 saturated carbocycles. The summed E-state index contributed by atoms with van der Waals surface area (Å²) in [5.74, 6) is -4.22. The van der Waals surface area contributed by atoms with Crippen LogP contribution in [0.5, 0.6) is 0 Å². The summed E-state index contributed by atoms with van der Waals surface area (Å²) in [5, 5.41) is 31.7. The molecule has 0 unspecified atom stereocenters. The summed E-state index contributed by atoms with van der Waals surface area (Å²) in [6, 6.07) is 0. The number of amides is 2. The van der Waals surface area contributed by atoms with Crippen LogP contribution in [0.2, 0.25) is 0 Å². The molecule has 0 heterocycles. The number of rotatable bonds is 14. The maximum absolute atomic E-state index is 12.4. The van der Waals surface area contributed by atoms with Crippen LogP contribution in [0, 0.1) is 0 Å². The topological polar surface area (TPSA) is 179 Å². The van der Waals surface area contributed by atoms with Crippen molar-refractivity contribution < 1.29 is 44.0 Å². The van der Waals surface area contributed by atoms with E-state index >= 15 is 0 Å². The van der Waals surface area contributed by atoms with E-state index in [2.05, 4.69) is 10.6 Å². The van der Waals surface area contributed by atoms with E-state index in [-0.39, 0.29) is 25.9 Å². The summed E-state index contributed by atoms with van der Waals surface area (Å²) in [6.07, 6.45) is 5.03. The van der Waals surface area contributed by atoms with Crippen LogP contribution in [0.4, 0.5) is 4.79 Å². The van der Waals surface area contributed by atoms with Gasteiger partial charge in [-0.05, 0) is 37.7 Å². The highest BCUT2D eigenvalue weighted by Crippen LogP contribution is 2.26. The van der Waals surface area contributed by atoms with E-state index in [1.807, 2.05) is 18.2 Å². The molecular weight excluding hydrogens is 412 g/mol. The zero-order valence-corrected chi connectivity index (χ0v) is 17.1. The fourth-order valence-electron chi connectivity index (χ4n) is 3.07. The van der Waals surface area contributed by atoms with Gasteiger partial charge in [0.15, 0.2) is 0 Å². The van der Waals surface area contributed by atoms with Crippen molar-refractivity contribution in [3.8, 4) is 0 Å². The number of carboxylic acids is 3. The maximum Gasteiger partial charge on any atom is 0.407 e. The van der Waals surface area contributed by atoms with Crippen molar-refractivity contribution >= 4 is 29.9 Å². The Morgan fingerprint density at radius 1 is 0.903 bits per heavy atom. The second kappa shape index (κ2) is 13.0. The Morgan fingerprint density at radius 3 is 1.90 bits per heavy atom. The molecule has 31 heavy (non-hydrogen) atoms. The second-order valence-corrected chi connectivity index (χ2v) is 7.20. The normalized spacial score (nSPS) is 13.1. The van der Waals surface area contributed by atoms with E-state index in [0.717, 1.165) is 18.4 Å². The van der Waals surface area contributed by atoms with Crippen LogP contribution in [-0.2, 0) is 23.9 Å². The van der Waals surface area contributed by atoms with Gasteiger partial charge in [-0.1, -0.05) is 18.2 Å². The number of aliphatic carboxylic acids is 3. The highest BCUT2D eigenvalue weighted by Gasteiger charge is 2.33. The molecule has 0 aromatic heterocycles. The summed E-state index contributed by atoms with van der Waals surface area (Å²) >= 11 is 0. The number of alkyl carbamates (subject to hydrolysis) is 1. The quantitative estimate of drug-likeness (QED) is 0.267. The van der Waals surface area contributed by atoms with Gasteiger partial charge in [-0.15, -0.1) is 0 Å². The molecule has 0 aliphatic heterocycles. The molecule has 5 N–H and O–H groups in total. The molecular formula is C20H28N2O9. The zero-order chi connectivity index (χ0) is 23.3. The predicted molar refractivity (Wildman–Crippen MR) is 107 cm³/mol. The van der Waals surface area contributed by atoms with Gasteiger partial charge >= 0.3 is 24.0 Å². The van der Waals surface area contributed by atoms with Crippen LogP contribution < -0.4 is 10.6 Å². The molecule has 0 aromatic rings. The lowest BCUT2D eigenvalue weighted by molar-refractivity contribution is -0.138. The first-order chi connectivity index (χ1) is 14.6. The molecule has 11 heteroatoms. The molecule has 1 aliphatic rings. The van der Waals surface area contributed by atoms with E-state index in [9.17, 15) is 24.0 Å². The van der Waals surface area contributed by atoms with Gasteiger partial charge in [0.1, 0.15) is 13.2 Å². The summed E-state index contributed by atoms with van der Waals surface area (Å²) < 4.78 is 5.02. The largest absolute Gasteiger partial charge is 0.481 e. The molecule has 0 aromatic carbocycles. The Balaban J connectivity index is 2.69. The average Bonchev–Trinajstić information content (AvgIpc) is 2.72. The lowest BCUT2D eigenvalue weighted by atomic mass is 9.83. The number of hydrogen-bond donors (Lipinski definition) is 5. The van der Waals surface area contributed by atoms with Crippen LogP contribution in [-0.4, -0.2) is 63.9 Å². The lowest BCUT2D eigenvalue weighted by Crippen LogP contribution is -2.52. The Hall–Kier alpha value is -3.37. The van der Waals surface area contributed by atoms with Crippen molar-refractivity contribution in [2.75, 3.05) is 13.2 Å². The van der Waals surface area contributed by atoms with Crippen LogP contribution in [0.3, 0.4) is 0 Å². The van der Waals surface area contributed by atoms with Crippen LogP contribution in [0.15, 0.2) is 23.8 Å². The van der Waals surface area contributed by atoms with Crippen molar-refractivity contribution in [1.29, 1.82) is 0 Å². The first kappa shape index (κ1) is 25.7. The minimum absolute atomic E-state index is 0.0454. The van der Waals surface area contributed by atoms with Crippen molar-refractivity contribution in [3.05, 3.63) is 23.8 Å². The van der Waals surface area contributed by atoms with E-state index in [1.54, 1.807) is 0 Å². The monoisotopic (exact) mass is 440 g/mol. The molecule has 2 amide bonds. The Kier molecular flexibility index (Phi) is 10.8. The Morgan fingerprint density at radius 2 is 1.45 bits per heavy atom. The van der Waals surface area contributed by atoms with Gasteiger partial charge < -0.3 is 30.7 Å². The maximum atomic E-state index is 12.4. The smallest absolute Gasteiger partial charge is 0.407 e. The third-order valence-corrected chi connectivity index (χ3v) is 4.69. The standard InChI is InChI=1S/C20H28N2O9/c23-15(12-21-19(30)31-13-14-4-2-1-3-5-14)22-20(9-6-16(24)25,10-7-17(26)27)11-8-18(28)29/h2,4-5H,1,3,6-13H2,(H,21,30)(H,22,23)(H,24,25)(H,26,27)(H,28,29). The SMILES string of the molecule is O=C(O)CCC(CCC(=O)O)(CCC(=O)O)NC(=O)CNC(=O)OCC1=CCCC=C1. The third kappa shape index (κ3) is 11.4. The van der Waals surface area contributed by atoms with Crippen molar-refractivity contribution in [1.82, 2.24) is 10.6 Å². The minimum Gasteiger partial charge on any atom is -0.481 e. The van der Waals surface area contributed by atoms with Gasteiger partial charge in [0.2, 0.25) is 5.91 Å². The number of carboxylic acid groups (broad SMARTS) is 3. The zero-order valence-electron chi connectivity index (χ0n) is 17.1. The van der Waals surface area contributed by atoms with Crippen molar-refractivity contribution in [3.63, 3.8) is 0 Å². The number of carbonyl (C=O) groups excluding carboxylic acids is 2. The molecule has 11 nitrogen and oxygen atoms in total. The molecule has 1 aliphatic carbocycles. The van der Waals surface area contributed by atoms with Gasteiger partial charge in [0.25, 0.3) is 0 Å². The summed E-state index contributed by atoms with van der Waals surface area (Å²) in [4.78, 5) is 57.2. The van der Waals surface area contributed by atoms with Gasteiger partial charge in [0, 0.05) is 24.8 Å². The summed E-state index contributed by atoms with van der Waals surface area (Å²) in [5.41, 5.74) is -0.517. The highest BCUT2D eigenvalue weighted by atomic mass is 16.5. The molecule has 172 valence electrons. The highest BCUT2D eigenvalue weighted by molar-refractivity contribution is 5.83. The summed E-state index contributed by atoms with van der Waals surface area (Å²) in [6.45, 7) is -0.452. The number of hydrogen-bond acceptors (Lipinski definition) is 6. The molecule has 0 fully saturated rings. The molecule has 0 atom stereocenters. The fraction of sp³-hybridized carbons (Fsp3) is 0.550. The van der Waals surface area contributed by atoms with Crippen molar-refractivity contribution in [2.45, 2.75) is 56.9 Å². The molecule has 0 saturated heterocycles. The summed E-state index contributed by atoms with van der Waals surface area (Å²) in [7, 11) is 0. The van der Waals surface area contributed by atoms with E-state index in [4.69, 9.17) is 20.1 Å². The fourth-order valence-corrected chi connectivity index (χ4v) is 3.07. The molecule has 0 bridgehead atoms. The van der Waals surface area contributed by atoms with Gasteiger partial charge in [-0.3, -0.25) is 19.2 Å². The minimum atomic E-state index is -1.35. The Bertz CT molecular complexity index is 697. The number of carbonyl (C=O) groups is 5. The second-order valence-electron chi connectivity index (χ2n) is 7.20. The van der Waals surface area contributed by atoms with Gasteiger partial charge in [0.05, 0.1) is 0 Å². The third-order valence-electron chi connectivity index (χ3n) is 4.69. The number of ether oxygens (including phenoxy) is 1. The predicted octanol–water partition coefficient (Wildman–Crippen LogP) is 1.44. The lowest BCUT2D eigenvalue weighted by Gasteiger charge is -2.34. The van der Waals surface area contributed by atoms with Gasteiger partial charge in [-0.25, -0.2) is 4.79 Å². The number of nitrogens with one attached hydrogen (secondary N) is 2. The van der Waals surface area contributed by atoms with Crippen LogP contribution in [0.25, 0.3) is 0 Å². The van der Waals surface area contributed by atoms with Crippen molar-refractivity contribution in [2.24, 2.45) is 0 Å². The van der Waals surface area contributed by atoms with Crippen LogP contribution in [0.1, 0.15) is 51.4 Å². The van der Waals surface area contributed by atoms with Gasteiger partial charge in [-0.2, -0.15) is 0 Å². The van der Waals surface area contributed by atoms with E-state index < -0.39 is 61.3 Å². The molecule has 0 radical (unpaired) electrons. The van der Waals surface area contributed by atoms with E-state index in [1.165, 1.54) is 0 Å². The Labute approximate surface area is 179 Å². The van der Waals surface area contributed by atoms with E-state index in [0.29, 0.717) is 0 Å². The number of allylic oxidation sites excluding steroid dienone is 2. The molecule has 1 rings (SSSR count). The molecule has 0 spiro atoms. The van der Waals surface area contributed by atoms with Crippen LogP contribution >= 0.6 is 0 Å². The first-order valence-electron chi connectivity index (χ1n) is 9.84. The first-order valence-corrected chi connectivity index (χ1v) is 9.84.